The number of fused-ring (bicyclic) bond motifs is 1. The van der Waals surface area contributed by atoms with Crippen LogP contribution in [0.25, 0.3) is 33.3 Å². The van der Waals surface area contributed by atoms with Gasteiger partial charge >= 0.3 is 5.97 Å². The fraction of sp³-hybridized carbons (Fsp3) is 0.138. The number of pyridine rings is 1. The topological polar surface area (TPSA) is 85.5 Å². The number of halogens is 2. The minimum absolute atomic E-state index is 0.00664. The summed E-state index contributed by atoms with van der Waals surface area (Å²) in [5, 5.41) is 15.9. The van der Waals surface area contributed by atoms with Gasteiger partial charge in [-0.1, -0.05) is 64.8 Å². The largest absolute Gasteiger partial charge is 0.489 e. The van der Waals surface area contributed by atoms with Gasteiger partial charge in [0.2, 0.25) is 0 Å². The van der Waals surface area contributed by atoms with Crippen LogP contribution < -0.4 is 4.74 Å². The summed E-state index contributed by atoms with van der Waals surface area (Å²) in [6.07, 6.45) is 2.08. The van der Waals surface area contributed by atoms with Crippen LogP contribution in [0.5, 0.6) is 5.75 Å². The van der Waals surface area contributed by atoms with E-state index >= 15 is 0 Å². The van der Waals surface area contributed by atoms with Crippen molar-refractivity contribution in [1.82, 2.24) is 10.1 Å². The number of hydrogen-bond donors (Lipinski definition) is 1. The molecule has 1 fully saturated rings. The molecule has 1 saturated carbocycles. The van der Waals surface area contributed by atoms with Crippen LogP contribution >= 0.6 is 23.2 Å². The average Bonchev–Trinajstić information content (AvgIpc) is 3.67. The molecule has 1 N–H and O–H groups in total. The van der Waals surface area contributed by atoms with Gasteiger partial charge in [-0.05, 0) is 54.8 Å². The predicted octanol–water partition coefficient (Wildman–Crippen LogP) is 8.02. The molecule has 2 heterocycles. The molecule has 0 atom stereocenters. The van der Waals surface area contributed by atoms with Crippen LogP contribution in [-0.2, 0) is 6.61 Å². The number of carbonyl (C=O) groups is 1. The van der Waals surface area contributed by atoms with E-state index < -0.39 is 5.97 Å². The van der Waals surface area contributed by atoms with E-state index in [4.69, 9.17) is 32.5 Å². The number of carboxylic acids is 1. The maximum atomic E-state index is 11.9. The SMILES string of the molecule is O=C(O)c1nc2ccccc2cc1-c1ccc(OCc2c(-c3c(Cl)cccc3Cl)noc2C2CC2)cc1. The van der Waals surface area contributed by atoms with Gasteiger partial charge in [0.1, 0.15) is 23.8 Å². The third-order valence-electron chi connectivity index (χ3n) is 6.44. The molecule has 5 aromatic rings. The summed E-state index contributed by atoms with van der Waals surface area (Å²) < 4.78 is 11.8. The summed E-state index contributed by atoms with van der Waals surface area (Å²) in [6.45, 7) is 0.226. The van der Waals surface area contributed by atoms with Crippen molar-refractivity contribution in [2.75, 3.05) is 0 Å². The van der Waals surface area contributed by atoms with E-state index in [2.05, 4.69) is 10.1 Å². The molecule has 2 aromatic heterocycles. The van der Waals surface area contributed by atoms with Gasteiger partial charge in [-0.25, -0.2) is 9.78 Å². The number of carboxylic acid groups (broad SMARTS) is 1. The zero-order valence-corrected chi connectivity index (χ0v) is 21.0. The van der Waals surface area contributed by atoms with Crippen LogP contribution in [-0.4, -0.2) is 21.2 Å². The van der Waals surface area contributed by atoms with Crippen molar-refractivity contribution in [1.29, 1.82) is 0 Å². The first-order valence-electron chi connectivity index (χ1n) is 11.8. The Bertz CT molecular complexity index is 1620. The Labute approximate surface area is 222 Å². The van der Waals surface area contributed by atoms with Crippen molar-refractivity contribution >= 4 is 40.1 Å². The number of nitrogens with zero attached hydrogens (tertiary/aromatic N) is 2. The number of ether oxygens (including phenoxy) is 1. The molecule has 184 valence electrons. The van der Waals surface area contributed by atoms with Crippen LogP contribution in [0.15, 0.2) is 77.3 Å². The molecular formula is C29H20Cl2N2O4. The summed E-state index contributed by atoms with van der Waals surface area (Å²) >= 11 is 12.9. The Hall–Kier alpha value is -3.87. The molecule has 3 aromatic carbocycles. The summed E-state index contributed by atoms with van der Waals surface area (Å²) in [5.74, 6) is 0.662. The lowest BCUT2D eigenvalue weighted by atomic mass is 10.0. The third kappa shape index (κ3) is 4.54. The molecule has 1 aliphatic rings. The van der Waals surface area contributed by atoms with E-state index in [1.54, 1.807) is 24.3 Å². The normalized spacial score (nSPS) is 13.1. The molecule has 8 heteroatoms. The highest BCUT2D eigenvalue weighted by Crippen LogP contribution is 2.46. The van der Waals surface area contributed by atoms with E-state index in [1.165, 1.54) is 0 Å². The Balaban J connectivity index is 1.30. The second-order valence-corrected chi connectivity index (χ2v) is 9.75. The van der Waals surface area contributed by atoms with Crippen molar-refractivity contribution in [3.8, 4) is 28.1 Å². The highest BCUT2D eigenvalue weighted by molar-refractivity contribution is 6.39. The Kier molecular flexibility index (Phi) is 6.07. The zero-order chi connectivity index (χ0) is 25.5. The van der Waals surface area contributed by atoms with Gasteiger partial charge < -0.3 is 14.4 Å². The summed E-state index contributed by atoms with van der Waals surface area (Å²) in [4.78, 5) is 16.3. The highest BCUT2D eigenvalue weighted by Gasteiger charge is 2.33. The van der Waals surface area contributed by atoms with Crippen molar-refractivity contribution in [2.45, 2.75) is 25.4 Å². The van der Waals surface area contributed by atoms with E-state index in [0.29, 0.717) is 44.1 Å². The van der Waals surface area contributed by atoms with Gasteiger partial charge in [0.05, 0.1) is 21.1 Å². The first kappa shape index (κ1) is 23.5. The van der Waals surface area contributed by atoms with E-state index in [9.17, 15) is 9.90 Å². The second-order valence-electron chi connectivity index (χ2n) is 8.94. The highest BCUT2D eigenvalue weighted by atomic mass is 35.5. The number of benzene rings is 3. The summed E-state index contributed by atoms with van der Waals surface area (Å²) in [7, 11) is 0. The fourth-order valence-electron chi connectivity index (χ4n) is 4.43. The molecule has 6 nitrogen and oxygen atoms in total. The van der Waals surface area contributed by atoms with Gasteiger partial charge in [-0.15, -0.1) is 0 Å². The molecule has 0 unspecified atom stereocenters. The standard InChI is InChI=1S/C29H20Cl2N2O4/c30-22-5-3-6-23(31)25(22)26-21(28(37-33-26)17-8-9-17)15-36-19-12-10-16(11-13-19)20-14-18-4-1-2-7-24(18)32-27(20)29(34)35/h1-7,10-14,17H,8-9,15H2,(H,34,35). The first-order chi connectivity index (χ1) is 18.0. The lowest BCUT2D eigenvalue weighted by Gasteiger charge is -2.11. The lowest BCUT2D eigenvalue weighted by molar-refractivity contribution is 0.0692. The third-order valence-corrected chi connectivity index (χ3v) is 7.07. The summed E-state index contributed by atoms with van der Waals surface area (Å²) in [5.41, 5.74) is 3.96. The first-order valence-corrected chi connectivity index (χ1v) is 12.5. The van der Waals surface area contributed by atoms with Crippen LogP contribution in [0, 0.1) is 0 Å². The molecule has 0 amide bonds. The molecular weight excluding hydrogens is 511 g/mol. The van der Waals surface area contributed by atoms with Crippen molar-refractivity contribution in [2.24, 2.45) is 0 Å². The quantitative estimate of drug-likeness (QED) is 0.229. The molecule has 0 aliphatic heterocycles. The maximum Gasteiger partial charge on any atom is 0.355 e. The number of para-hydroxylation sites is 1. The van der Waals surface area contributed by atoms with Gasteiger partial charge in [-0.3, -0.25) is 0 Å². The van der Waals surface area contributed by atoms with Gasteiger partial charge in [-0.2, -0.15) is 0 Å². The van der Waals surface area contributed by atoms with Gasteiger partial charge in [0.15, 0.2) is 5.69 Å². The Morgan fingerprint density at radius 2 is 1.73 bits per heavy atom. The molecule has 0 saturated heterocycles. The number of aromatic nitrogens is 2. The van der Waals surface area contributed by atoms with Crippen LogP contribution in [0.2, 0.25) is 10.0 Å². The summed E-state index contributed by atoms with van der Waals surface area (Å²) in [6, 6.07) is 21.9. The van der Waals surface area contributed by atoms with Crippen molar-refractivity contribution in [3.05, 3.63) is 99.9 Å². The van der Waals surface area contributed by atoms with Gasteiger partial charge in [0.25, 0.3) is 0 Å². The maximum absolute atomic E-state index is 11.9. The number of aromatic carboxylic acids is 1. The van der Waals surface area contributed by atoms with E-state index in [-0.39, 0.29) is 12.3 Å². The number of hydrogen-bond acceptors (Lipinski definition) is 5. The smallest absolute Gasteiger partial charge is 0.355 e. The van der Waals surface area contributed by atoms with E-state index in [1.807, 2.05) is 48.5 Å². The van der Waals surface area contributed by atoms with Crippen LogP contribution in [0.1, 0.15) is 40.6 Å². The van der Waals surface area contributed by atoms with Crippen molar-refractivity contribution in [3.63, 3.8) is 0 Å². The monoisotopic (exact) mass is 530 g/mol. The lowest BCUT2D eigenvalue weighted by Crippen LogP contribution is -2.04. The minimum Gasteiger partial charge on any atom is -0.489 e. The van der Waals surface area contributed by atoms with Gasteiger partial charge in [0, 0.05) is 22.4 Å². The molecule has 1 aliphatic carbocycles. The average molecular weight is 531 g/mol. The Morgan fingerprint density at radius 1 is 1.00 bits per heavy atom. The molecule has 6 rings (SSSR count). The molecule has 37 heavy (non-hydrogen) atoms. The molecule has 0 bridgehead atoms. The predicted molar refractivity (Wildman–Crippen MR) is 142 cm³/mol. The fourth-order valence-corrected chi connectivity index (χ4v) is 5.01. The van der Waals surface area contributed by atoms with Crippen LogP contribution in [0.3, 0.4) is 0 Å². The van der Waals surface area contributed by atoms with Crippen molar-refractivity contribution < 1.29 is 19.2 Å². The zero-order valence-electron chi connectivity index (χ0n) is 19.4. The number of rotatable bonds is 7. The Morgan fingerprint density at radius 3 is 2.43 bits per heavy atom. The molecule has 0 radical (unpaired) electrons. The van der Waals surface area contributed by atoms with E-state index in [0.717, 1.165) is 35.1 Å². The molecule has 0 spiro atoms. The minimum atomic E-state index is -1.08. The van der Waals surface area contributed by atoms with Crippen LogP contribution in [0.4, 0.5) is 0 Å². The second kappa shape index (κ2) is 9.54.